The first-order valence-corrected chi connectivity index (χ1v) is 10.6. The zero-order valence-electron chi connectivity index (χ0n) is 19.1. The lowest BCUT2D eigenvalue weighted by atomic mass is 10.1. The molecule has 0 aliphatic rings. The normalized spacial score (nSPS) is 11.0. The van der Waals surface area contributed by atoms with Crippen molar-refractivity contribution in [1.82, 2.24) is 25.1 Å². The number of imidazole rings is 1. The van der Waals surface area contributed by atoms with Crippen molar-refractivity contribution in [3.05, 3.63) is 83.7 Å². The van der Waals surface area contributed by atoms with Crippen molar-refractivity contribution in [2.75, 3.05) is 27.2 Å². The third-order valence-corrected chi connectivity index (χ3v) is 4.84. The molecule has 7 nitrogen and oxygen atoms in total. The summed E-state index contributed by atoms with van der Waals surface area (Å²) in [5.41, 5.74) is 2.97. The highest BCUT2D eigenvalue weighted by atomic mass is 127. The number of hydrogen-bond acceptors (Lipinski definition) is 3. The van der Waals surface area contributed by atoms with Gasteiger partial charge < -0.3 is 20.1 Å². The number of carbonyl (C=O) groups excluding carboxylic acids is 1. The summed E-state index contributed by atoms with van der Waals surface area (Å²) in [5, 5.41) is 6.50. The van der Waals surface area contributed by atoms with Crippen molar-refractivity contribution in [2.24, 2.45) is 4.99 Å². The lowest BCUT2D eigenvalue weighted by Gasteiger charge is -2.13. The minimum absolute atomic E-state index is 0. The Bertz CT molecular complexity index is 1070. The second kappa shape index (κ2) is 12.9. The van der Waals surface area contributed by atoms with Crippen molar-refractivity contribution in [3.8, 4) is 5.69 Å². The van der Waals surface area contributed by atoms with Crippen molar-refractivity contribution in [3.63, 3.8) is 0 Å². The summed E-state index contributed by atoms with van der Waals surface area (Å²) in [6.45, 7) is 3.71. The zero-order valence-corrected chi connectivity index (χ0v) is 21.4. The van der Waals surface area contributed by atoms with Crippen LogP contribution in [0.25, 0.3) is 5.69 Å². The van der Waals surface area contributed by atoms with E-state index in [0.29, 0.717) is 36.8 Å². The highest BCUT2D eigenvalue weighted by Crippen LogP contribution is 2.15. The molecule has 3 rings (SSSR count). The van der Waals surface area contributed by atoms with Gasteiger partial charge in [0, 0.05) is 45.1 Å². The summed E-state index contributed by atoms with van der Waals surface area (Å²) < 4.78 is 16.1. The van der Waals surface area contributed by atoms with Crippen LogP contribution in [-0.4, -0.2) is 53.5 Å². The van der Waals surface area contributed by atoms with Gasteiger partial charge in [0.05, 0.1) is 18.6 Å². The molecule has 0 bridgehead atoms. The van der Waals surface area contributed by atoms with Crippen LogP contribution in [0.3, 0.4) is 0 Å². The predicted octanol–water partition coefficient (Wildman–Crippen LogP) is 3.63. The molecule has 0 fully saturated rings. The number of guanidine groups is 1. The molecule has 0 aliphatic carbocycles. The van der Waals surface area contributed by atoms with Gasteiger partial charge in [-0.15, -0.1) is 24.0 Å². The molecule has 1 heterocycles. The molecule has 2 aromatic carbocycles. The first kappa shape index (κ1) is 26.3. The number of benzene rings is 2. The molecule has 176 valence electrons. The standard InChI is InChI=1S/C24H29FN6O.HI/c1-4-27-24(28-11-10-18-6-5-7-20(14-18)23(32)30(2)3)29-16-19-8-9-22(21(25)15-19)31-13-12-26-17-31;/h5-9,12-15,17H,4,10-11,16H2,1-3H3,(H2,27,28,29);1H. The number of aromatic nitrogens is 2. The number of amides is 1. The van der Waals surface area contributed by atoms with Crippen LogP contribution >= 0.6 is 24.0 Å². The van der Waals surface area contributed by atoms with E-state index in [0.717, 1.165) is 17.5 Å². The van der Waals surface area contributed by atoms with Gasteiger partial charge in [-0.25, -0.2) is 14.4 Å². The van der Waals surface area contributed by atoms with Crippen molar-refractivity contribution in [2.45, 2.75) is 19.9 Å². The maximum absolute atomic E-state index is 14.5. The Morgan fingerprint density at radius 1 is 1.15 bits per heavy atom. The largest absolute Gasteiger partial charge is 0.357 e. The SMILES string of the molecule is CCNC(=NCc1ccc(-n2ccnc2)c(F)c1)NCCc1cccc(C(=O)N(C)C)c1.I. The van der Waals surface area contributed by atoms with E-state index in [1.807, 2.05) is 37.3 Å². The molecule has 0 spiro atoms. The summed E-state index contributed by atoms with van der Waals surface area (Å²) in [7, 11) is 3.49. The smallest absolute Gasteiger partial charge is 0.253 e. The first-order chi connectivity index (χ1) is 15.5. The second-order valence-corrected chi connectivity index (χ2v) is 7.53. The quantitative estimate of drug-likeness (QED) is 0.249. The van der Waals surface area contributed by atoms with Gasteiger partial charge in [0.15, 0.2) is 5.96 Å². The highest BCUT2D eigenvalue weighted by Gasteiger charge is 2.09. The number of nitrogens with one attached hydrogen (secondary N) is 2. The van der Waals surface area contributed by atoms with Gasteiger partial charge in [0.25, 0.3) is 5.91 Å². The lowest BCUT2D eigenvalue weighted by molar-refractivity contribution is 0.0827. The predicted molar refractivity (Wildman–Crippen MR) is 140 cm³/mol. The van der Waals surface area contributed by atoms with Gasteiger partial charge in [-0.2, -0.15) is 0 Å². The van der Waals surface area contributed by atoms with E-state index in [-0.39, 0.29) is 35.7 Å². The van der Waals surface area contributed by atoms with Crippen molar-refractivity contribution < 1.29 is 9.18 Å². The van der Waals surface area contributed by atoms with E-state index in [2.05, 4.69) is 20.6 Å². The minimum atomic E-state index is -0.319. The Balaban J connectivity index is 0.00000385. The van der Waals surface area contributed by atoms with Crippen LogP contribution in [0, 0.1) is 5.82 Å². The fourth-order valence-corrected chi connectivity index (χ4v) is 3.22. The molecule has 3 aromatic rings. The molecule has 33 heavy (non-hydrogen) atoms. The maximum atomic E-state index is 14.5. The molecule has 0 saturated carbocycles. The van der Waals surface area contributed by atoms with Crippen LogP contribution in [-0.2, 0) is 13.0 Å². The van der Waals surface area contributed by atoms with Gasteiger partial charge >= 0.3 is 0 Å². The van der Waals surface area contributed by atoms with Gasteiger partial charge in [-0.1, -0.05) is 18.2 Å². The fraction of sp³-hybridized carbons (Fsp3) is 0.292. The van der Waals surface area contributed by atoms with Crippen LogP contribution in [0.5, 0.6) is 0 Å². The van der Waals surface area contributed by atoms with Gasteiger partial charge in [-0.05, 0) is 48.7 Å². The molecule has 0 radical (unpaired) electrons. The van der Waals surface area contributed by atoms with Crippen molar-refractivity contribution in [1.29, 1.82) is 0 Å². The lowest BCUT2D eigenvalue weighted by Crippen LogP contribution is -2.38. The van der Waals surface area contributed by atoms with Gasteiger partial charge in [0.2, 0.25) is 0 Å². The number of carbonyl (C=O) groups is 1. The van der Waals surface area contributed by atoms with Crippen LogP contribution < -0.4 is 10.6 Å². The number of hydrogen-bond donors (Lipinski definition) is 2. The highest BCUT2D eigenvalue weighted by molar-refractivity contribution is 14.0. The fourth-order valence-electron chi connectivity index (χ4n) is 3.22. The molecule has 0 atom stereocenters. The molecule has 9 heteroatoms. The van der Waals surface area contributed by atoms with Gasteiger partial charge in [-0.3, -0.25) is 4.79 Å². The van der Waals surface area contributed by atoms with Crippen LogP contribution in [0.2, 0.25) is 0 Å². The van der Waals surface area contributed by atoms with Crippen LogP contribution in [0.15, 0.2) is 66.2 Å². The first-order valence-electron chi connectivity index (χ1n) is 10.6. The van der Waals surface area contributed by atoms with E-state index in [1.54, 1.807) is 48.3 Å². The Morgan fingerprint density at radius 3 is 2.64 bits per heavy atom. The summed E-state index contributed by atoms with van der Waals surface area (Å²) in [5.74, 6) is 0.328. The topological polar surface area (TPSA) is 74.5 Å². The monoisotopic (exact) mass is 564 g/mol. The third-order valence-electron chi connectivity index (χ3n) is 4.84. The summed E-state index contributed by atoms with van der Waals surface area (Å²) in [6, 6.07) is 12.7. The average Bonchev–Trinajstić information content (AvgIpc) is 3.31. The number of halogens is 2. The number of aliphatic imine (C=N–C) groups is 1. The molecule has 1 amide bonds. The minimum Gasteiger partial charge on any atom is -0.357 e. The number of rotatable bonds is 8. The van der Waals surface area contributed by atoms with E-state index < -0.39 is 0 Å². The summed E-state index contributed by atoms with van der Waals surface area (Å²) in [4.78, 5) is 22.2. The number of nitrogens with zero attached hydrogens (tertiary/aromatic N) is 4. The molecule has 0 aliphatic heterocycles. The Hall–Kier alpha value is -2.95. The van der Waals surface area contributed by atoms with Gasteiger partial charge in [0.1, 0.15) is 5.82 Å². The Kier molecular flexibility index (Phi) is 10.3. The third kappa shape index (κ3) is 7.55. The van der Waals surface area contributed by atoms with E-state index in [9.17, 15) is 9.18 Å². The zero-order chi connectivity index (χ0) is 22.9. The molecule has 0 saturated heterocycles. The average molecular weight is 564 g/mol. The van der Waals surface area contributed by atoms with Crippen LogP contribution in [0.1, 0.15) is 28.4 Å². The van der Waals surface area contributed by atoms with Crippen LogP contribution in [0.4, 0.5) is 4.39 Å². The van der Waals surface area contributed by atoms with Crippen molar-refractivity contribution >= 4 is 35.8 Å². The van der Waals surface area contributed by atoms with E-state index in [1.165, 1.54) is 6.07 Å². The molecule has 0 unspecified atom stereocenters. The second-order valence-electron chi connectivity index (χ2n) is 7.53. The summed E-state index contributed by atoms with van der Waals surface area (Å²) >= 11 is 0. The van der Waals surface area contributed by atoms with E-state index >= 15 is 0 Å². The molecule has 1 aromatic heterocycles. The molecule has 2 N–H and O–H groups in total. The summed E-state index contributed by atoms with van der Waals surface area (Å²) in [6.07, 6.45) is 5.63. The molecular weight excluding hydrogens is 534 g/mol. The van der Waals surface area contributed by atoms with E-state index in [4.69, 9.17) is 0 Å². The Labute approximate surface area is 211 Å². The maximum Gasteiger partial charge on any atom is 0.253 e. The Morgan fingerprint density at radius 2 is 1.97 bits per heavy atom. The molecular formula is C24H30FIN6O.